The summed E-state index contributed by atoms with van der Waals surface area (Å²) < 4.78 is 0. The van der Waals surface area contributed by atoms with E-state index >= 15 is 0 Å². The van der Waals surface area contributed by atoms with Crippen molar-refractivity contribution < 1.29 is 4.79 Å². The summed E-state index contributed by atoms with van der Waals surface area (Å²) in [6, 6.07) is 0. The SMILES string of the molecule is CCCN(CC1CC1)C(=O)C(C)CNC. The Morgan fingerprint density at radius 3 is 2.67 bits per heavy atom. The second-order valence-electron chi connectivity index (χ2n) is 4.69. The van der Waals surface area contributed by atoms with Crippen LogP contribution >= 0.6 is 0 Å². The molecular formula is C12H24N2O. The first kappa shape index (κ1) is 12.5. The molecule has 1 unspecified atom stereocenters. The lowest BCUT2D eigenvalue weighted by Gasteiger charge is -2.25. The van der Waals surface area contributed by atoms with Gasteiger partial charge in [0.25, 0.3) is 0 Å². The Bertz CT molecular complexity index is 202. The van der Waals surface area contributed by atoms with E-state index in [1.54, 1.807) is 0 Å². The normalized spacial score (nSPS) is 17.5. The predicted molar refractivity (Wildman–Crippen MR) is 62.7 cm³/mol. The van der Waals surface area contributed by atoms with Crippen LogP contribution in [0.15, 0.2) is 0 Å². The third-order valence-corrected chi connectivity index (χ3v) is 2.91. The van der Waals surface area contributed by atoms with Gasteiger partial charge in [-0.15, -0.1) is 0 Å². The Balaban J connectivity index is 2.40. The van der Waals surface area contributed by atoms with Gasteiger partial charge in [0, 0.05) is 25.6 Å². The number of rotatable bonds is 7. The average Bonchev–Trinajstić information content (AvgIpc) is 3.00. The van der Waals surface area contributed by atoms with Crippen molar-refractivity contribution in [1.82, 2.24) is 10.2 Å². The average molecular weight is 212 g/mol. The molecule has 15 heavy (non-hydrogen) atoms. The van der Waals surface area contributed by atoms with E-state index in [-0.39, 0.29) is 5.92 Å². The standard InChI is InChI=1S/C12H24N2O/c1-4-7-14(9-11-5-6-11)12(15)10(2)8-13-3/h10-11,13H,4-9H2,1-3H3. The Kier molecular flexibility index (Phi) is 5.09. The van der Waals surface area contributed by atoms with E-state index in [1.165, 1.54) is 12.8 Å². The Labute approximate surface area is 93.2 Å². The van der Waals surface area contributed by atoms with Crippen molar-refractivity contribution >= 4 is 5.91 Å². The highest BCUT2D eigenvalue weighted by molar-refractivity contribution is 5.78. The summed E-state index contributed by atoms with van der Waals surface area (Å²) in [6.07, 6.45) is 3.69. The molecule has 1 fully saturated rings. The molecule has 1 rings (SSSR count). The van der Waals surface area contributed by atoms with E-state index in [0.717, 1.165) is 32.0 Å². The van der Waals surface area contributed by atoms with Crippen LogP contribution in [0.5, 0.6) is 0 Å². The lowest BCUT2D eigenvalue weighted by molar-refractivity contribution is -0.135. The molecule has 3 nitrogen and oxygen atoms in total. The number of amides is 1. The monoisotopic (exact) mass is 212 g/mol. The van der Waals surface area contributed by atoms with E-state index in [1.807, 2.05) is 14.0 Å². The lowest BCUT2D eigenvalue weighted by Crippen LogP contribution is -2.40. The van der Waals surface area contributed by atoms with Crippen LogP contribution in [0.2, 0.25) is 0 Å². The van der Waals surface area contributed by atoms with Crippen molar-refractivity contribution in [2.24, 2.45) is 11.8 Å². The highest BCUT2D eigenvalue weighted by atomic mass is 16.2. The zero-order chi connectivity index (χ0) is 11.3. The van der Waals surface area contributed by atoms with Crippen LogP contribution in [0.25, 0.3) is 0 Å². The molecule has 0 radical (unpaired) electrons. The van der Waals surface area contributed by atoms with E-state index in [4.69, 9.17) is 0 Å². The van der Waals surface area contributed by atoms with E-state index < -0.39 is 0 Å². The fourth-order valence-electron chi connectivity index (χ4n) is 1.88. The van der Waals surface area contributed by atoms with Crippen LogP contribution in [0.3, 0.4) is 0 Å². The van der Waals surface area contributed by atoms with Crippen LogP contribution in [0.1, 0.15) is 33.1 Å². The Hall–Kier alpha value is -0.570. The first-order chi connectivity index (χ1) is 7.19. The third kappa shape index (κ3) is 4.20. The molecule has 0 spiro atoms. The van der Waals surface area contributed by atoms with Gasteiger partial charge >= 0.3 is 0 Å². The quantitative estimate of drug-likeness (QED) is 0.693. The van der Waals surface area contributed by atoms with Gasteiger partial charge in [0.2, 0.25) is 5.91 Å². The minimum atomic E-state index is 0.111. The highest BCUT2D eigenvalue weighted by Gasteiger charge is 2.27. The molecule has 1 amide bonds. The molecule has 1 N–H and O–H groups in total. The second-order valence-corrected chi connectivity index (χ2v) is 4.69. The summed E-state index contributed by atoms with van der Waals surface area (Å²) in [5, 5.41) is 3.07. The molecule has 0 aliphatic heterocycles. The predicted octanol–water partition coefficient (Wildman–Crippen LogP) is 1.49. The molecule has 0 aromatic heterocycles. The zero-order valence-corrected chi connectivity index (χ0v) is 10.3. The molecular weight excluding hydrogens is 188 g/mol. The highest BCUT2D eigenvalue weighted by Crippen LogP contribution is 2.30. The van der Waals surface area contributed by atoms with Crippen LogP contribution in [-0.4, -0.2) is 37.5 Å². The molecule has 0 heterocycles. The lowest BCUT2D eigenvalue weighted by atomic mass is 10.1. The minimum Gasteiger partial charge on any atom is -0.342 e. The van der Waals surface area contributed by atoms with E-state index in [0.29, 0.717) is 5.91 Å². The molecule has 1 saturated carbocycles. The van der Waals surface area contributed by atoms with Crippen LogP contribution in [-0.2, 0) is 4.79 Å². The topological polar surface area (TPSA) is 32.3 Å². The number of carbonyl (C=O) groups is 1. The second kappa shape index (κ2) is 6.11. The van der Waals surface area contributed by atoms with Crippen molar-refractivity contribution in [1.29, 1.82) is 0 Å². The number of hydrogen-bond donors (Lipinski definition) is 1. The van der Waals surface area contributed by atoms with Crippen molar-refractivity contribution in [3.05, 3.63) is 0 Å². The molecule has 1 atom stereocenters. The van der Waals surface area contributed by atoms with E-state index in [9.17, 15) is 4.79 Å². The van der Waals surface area contributed by atoms with Crippen LogP contribution in [0.4, 0.5) is 0 Å². The van der Waals surface area contributed by atoms with Gasteiger partial charge in [-0.25, -0.2) is 0 Å². The van der Waals surface area contributed by atoms with Crippen LogP contribution in [0, 0.1) is 11.8 Å². The zero-order valence-electron chi connectivity index (χ0n) is 10.3. The van der Waals surface area contributed by atoms with Gasteiger partial charge < -0.3 is 10.2 Å². The molecule has 0 aromatic rings. The summed E-state index contributed by atoms with van der Waals surface area (Å²) >= 11 is 0. The summed E-state index contributed by atoms with van der Waals surface area (Å²) in [7, 11) is 1.90. The third-order valence-electron chi connectivity index (χ3n) is 2.91. The maximum Gasteiger partial charge on any atom is 0.226 e. The van der Waals surface area contributed by atoms with Gasteiger partial charge in [0.15, 0.2) is 0 Å². The van der Waals surface area contributed by atoms with E-state index in [2.05, 4.69) is 17.1 Å². The fraction of sp³-hybridized carbons (Fsp3) is 0.917. The van der Waals surface area contributed by atoms with Gasteiger partial charge in [0.1, 0.15) is 0 Å². The van der Waals surface area contributed by atoms with Crippen LogP contribution < -0.4 is 5.32 Å². The van der Waals surface area contributed by atoms with Crippen molar-refractivity contribution in [3.8, 4) is 0 Å². The Morgan fingerprint density at radius 1 is 1.53 bits per heavy atom. The maximum absolute atomic E-state index is 12.1. The smallest absolute Gasteiger partial charge is 0.226 e. The minimum absolute atomic E-state index is 0.111. The first-order valence-corrected chi connectivity index (χ1v) is 6.12. The summed E-state index contributed by atoms with van der Waals surface area (Å²) in [5.74, 6) is 1.22. The molecule has 0 saturated heterocycles. The number of nitrogens with zero attached hydrogens (tertiary/aromatic N) is 1. The number of nitrogens with one attached hydrogen (secondary N) is 1. The molecule has 1 aliphatic rings. The maximum atomic E-state index is 12.1. The van der Waals surface area contributed by atoms with Gasteiger partial charge in [-0.1, -0.05) is 13.8 Å². The number of carbonyl (C=O) groups excluding carboxylic acids is 1. The molecule has 88 valence electrons. The van der Waals surface area contributed by atoms with Crippen molar-refractivity contribution in [2.45, 2.75) is 33.1 Å². The molecule has 0 bridgehead atoms. The summed E-state index contributed by atoms with van der Waals surface area (Å²) in [6.45, 7) is 6.83. The Morgan fingerprint density at radius 2 is 2.20 bits per heavy atom. The van der Waals surface area contributed by atoms with Crippen molar-refractivity contribution in [2.75, 3.05) is 26.7 Å². The summed E-state index contributed by atoms with van der Waals surface area (Å²) in [5.41, 5.74) is 0. The van der Waals surface area contributed by atoms with Crippen molar-refractivity contribution in [3.63, 3.8) is 0 Å². The summed E-state index contributed by atoms with van der Waals surface area (Å²) in [4.78, 5) is 14.1. The largest absolute Gasteiger partial charge is 0.342 e. The molecule has 1 aliphatic carbocycles. The van der Waals surface area contributed by atoms with Gasteiger partial charge in [-0.3, -0.25) is 4.79 Å². The molecule has 0 aromatic carbocycles. The number of hydrogen-bond acceptors (Lipinski definition) is 2. The van der Waals surface area contributed by atoms with Gasteiger partial charge in [-0.2, -0.15) is 0 Å². The fourth-order valence-corrected chi connectivity index (χ4v) is 1.88. The van der Waals surface area contributed by atoms with Gasteiger partial charge in [-0.05, 0) is 32.2 Å². The molecule has 3 heteroatoms. The van der Waals surface area contributed by atoms with Gasteiger partial charge in [0.05, 0.1) is 0 Å². The first-order valence-electron chi connectivity index (χ1n) is 6.12.